The molecule has 3 aromatic rings. The van der Waals surface area contributed by atoms with Crippen LogP contribution in [0.2, 0.25) is 0 Å². The van der Waals surface area contributed by atoms with E-state index in [0.29, 0.717) is 24.3 Å². The van der Waals surface area contributed by atoms with Crippen molar-refractivity contribution < 1.29 is 14.3 Å². The van der Waals surface area contributed by atoms with E-state index >= 15 is 0 Å². The van der Waals surface area contributed by atoms with Crippen LogP contribution in [0.3, 0.4) is 0 Å². The fraction of sp³-hybridized carbons (Fsp3) is 0.167. The molecule has 0 spiro atoms. The summed E-state index contributed by atoms with van der Waals surface area (Å²) in [6, 6.07) is 10.4. The zero-order valence-corrected chi connectivity index (χ0v) is 15.2. The maximum absolute atomic E-state index is 12.4. The maximum atomic E-state index is 12.4. The van der Waals surface area contributed by atoms with E-state index in [0.717, 1.165) is 4.88 Å². The number of aromatic nitrogens is 4. The van der Waals surface area contributed by atoms with Crippen LogP contribution in [0.15, 0.2) is 60.8 Å². The van der Waals surface area contributed by atoms with Crippen molar-refractivity contribution in [2.75, 3.05) is 13.2 Å². The highest BCUT2D eigenvalue weighted by Gasteiger charge is 2.16. The summed E-state index contributed by atoms with van der Waals surface area (Å²) in [6.07, 6.45) is 3.10. The Labute approximate surface area is 159 Å². The molecule has 0 unspecified atom stereocenters. The molecule has 138 valence electrons. The Balaban J connectivity index is 1.56. The molecule has 3 rings (SSSR count). The third kappa shape index (κ3) is 4.85. The minimum absolute atomic E-state index is 0.276. The molecule has 9 heteroatoms. The van der Waals surface area contributed by atoms with E-state index in [1.165, 1.54) is 11.0 Å². The van der Waals surface area contributed by atoms with Gasteiger partial charge in [0.15, 0.2) is 6.61 Å². The molecule has 2 heterocycles. The standard InChI is InChI=1S/C18H17N5O3S/c1-2-9-22(11-16-4-3-10-27-16)17(24)12-26-18(25)14-5-7-15(8-6-14)23-13-19-20-21-23/h2-8,10,13H,1,9,11-12H2. The molecule has 27 heavy (non-hydrogen) atoms. The Hall–Kier alpha value is -3.33. The van der Waals surface area contributed by atoms with Crippen molar-refractivity contribution in [2.24, 2.45) is 0 Å². The number of carbonyl (C=O) groups is 2. The number of nitrogens with zero attached hydrogens (tertiary/aromatic N) is 5. The van der Waals surface area contributed by atoms with E-state index in [-0.39, 0.29) is 12.5 Å². The fourth-order valence-electron chi connectivity index (χ4n) is 2.33. The van der Waals surface area contributed by atoms with Crippen LogP contribution in [0.4, 0.5) is 0 Å². The molecule has 0 N–H and O–H groups in total. The summed E-state index contributed by atoms with van der Waals surface area (Å²) in [6.45, 7) is 4.19. The van der Waals surface area contributed by atoms with Gasteiger partial charge < -0.3 is 9.64 Å². The Morgan fingerprint density at radius 2 is 2.07 bits per heavy atom. The number of benzene rings is 1. The Morgan fingerprint density at radius 1 is 1.26 bits per heavy atom. The summed E-state index contributed by atoms with van der Waals surface area (Å²) >= 11 is 1.56. The van der Waals surface area contributed by atoms with Crippen LogP contribution in [-0.2, 0) is 16.1 Å². The quantitative estimate of drug-likeness (QED) is 0.437. The minimum Gasteiger partial charge on any atom is -0.452 e. The van der Waals surface area contributed by atoms with Crippen LogP contribution in [0.1, 0.15) is 15.2 Å². The summed E-state index contributed by atoms with van der Waals surface area (Å²) < 4.78 is 6.63. The molecule has 0 bridgehead atoms. The second kappa shape index (κ2) is 8.86. The minimum atomic E-state index is -0.568. The van der Waals surface area contributed by atoms with E-state index in [2.05, 4.69) is 22.1 Å². The number of rotatable bonds is 8. The number of hydrogen-bond acceptors (Lipinski definition) is 7. The van der Waals surface area contributed by atoms with Gasteiger partial charge in [0.1, 0.15) is 6.33 Å². The van der Waals surface area contributed by atoms with Gasteiger partial charge in [-0.2, -0.15) is 0 Å². The van der Waals surface area contributed by atoms with Crippen molar-refractivity contribution in [2.45, 2.75) is 6.54 Å². The van der Waals surface area contributed by atoms with E-state index in [1.807, 2.05) is 17.5 Å². The zero-order chi connectivity index (χ0) is 19.1. The number of amides is 1. The number of thiophene rings is 1. The summed E-state index contributed by atoms with van der Waals surface area (Å²) in [5, 5.41) is 12.8. The highest BCUT2D eigenvalue weighted by atomic mass is 32.1. The first-order chi connectivity index (χ1) is 13.2. The molecule has 0 saturated heterocycles. The largest absolute Gasteiger partial charge is 0.452 e. The maximum Gasteiger partial charge on any atom is 0.338 e. The predicted molar refractivity (Wildman–Crippen MR) is 99.4 cm³/mol. The van der Waals surface area contributed by atoms with E-state index in [1.54, 1.807) is 46.6 Å². The van der Waals surface area contributed by atoms with Crippen LogP contribution in [0.25, 0.3) is 5.69 Å². The van der Waals surface area contributed by atoms with Gasteiger partial charge in [0.2, 0.25) is 0 Å². The van der Waals surface area contributed by atoms with Gasteiger partial charge in [-0.3, -0.25) is 4.79 Å². The van der Waals surface area contributed by atoms with Gasteiger partial charge in [-0.1, -0.05) is 12.1 Å². The van der Waals surface area contributed by atoms with Gasteiger partial charge in [0.05, 0.1) is 17.8 Å². The average Bonchev–Trinajstić information content (AvgIpc) is 3.39. The Bertz CT molecular complexity index is 892. The van der Waals surface area contributed by atoms with Gasteiger partial charge in [-0.15, -0.1) is 23.0 Å². The first kappa shape index (κ1) is 18.5. The molecular weight excluding hydrogens is 366 g/mol. The zero-order valence-electron chi connectivity index (χ0n) is 14.4. The lowest BCUT2D eigenvalue weighted by Crippen LogP contribution is -2.34. The summed E-state index contributed by atoms with van der Waals surface area (Å²) in [7, 11) is 0. The predicted octanol–water partition coefficient (Wildman–Crippen LogP) is 2.10. The van der Waals surface area contributed by atoms with Crippen molar-refractivity contribution in [1.29, 1.82) is 0 Å². The topological polar surface area (TPSA) is 90.2 Å². The highest BCUT2D eigenvalue weighted by molar-refractivity contribution is 7.09. The average molecular weight is 383 g/mol. The Kier molecular flexibility index (Phi) is 6.06. The molecule has 1 amide bonds. The number of tetrazole rings is 1. The van der Waals surface area contributed by atoms with Crippen molar-refractivity contribution >= 4 is 23.2 Å². The Morgan fingerprint density at radius 3 is 2.70 bits per heavy atom. The molecule has 0 saturated carbocycles. The number of carbonyl (C=O) groups excluding carboxylic acids is 2. The lowest BCUT2D eigenvalue weighted by Gasteiger charge is -2.20. The van der Waals surface area contributed by atoms with Crippen LogP contribution < -0.4 is 0 Å². The first-order valence-electron chi connectivity index (χ1n) is 8.09. The van der Waals surface area contributed by atoms with Gasteiger partial charge in [-0.25, -0.2) is 9.48 Å². The van der Waals surface area contributed by atoms with Crippen LogP contribution >= 0.6 is 11.3 Å². The molecule has 0 aliphatic rings. The van der Waals surface area contributed by atoms with Crippen LogP contribution in [0, 0.1) is 0 Å². The molecule has 0 aliphatic carbocycles. The summed E-state index contributed by atoms with van der Waals surface area (Å²) in [5.74, 6) is -0.844. The van der Waals surface area contributed by atoms with Gasteiger partial charge in [0.25, 0.3) is 5.91 Å². The molecule has 2 aromatic heterocycles. The molecule has 0 aliphatic heterocycles. The molecule has 0 radical (unpaired) electrons. The second-order valence-corrected chi connectivity index (χ2v) is 6.55. The van der Waals surface area contributed by atoms with Crippen molar-refractivity contribution in [3.05, 3.63) is 71.2 Å². The third-order valence-corrected chi connectivity index (χ3v) is 4.53. The highest BCUT2D eigenvalue weighted by Crippen LogP contribution is 2.13. The molecular formula is C18H17N5O3S. The lowest BCUT2D eigenvalue weighted by atomic mass is 10.2. The first-order valence-corrected chi connectivity index (χ1v) is 8.97. The van der Waals surface area contributed by atoms with Crippen LogP contribution in [-0.4, -0.2) is 50.1 Å². The lowest BCUT2D eigenvalue weighted by molar-refractivity contribution is -0.134. The van der Waals surface area contributed by atoms with E-state index in [4.69, 9.17) is 4.74 Å². The van der Waals surface area contributed by atoms with Crippen molar-refractivity contribution in [3.63, 3.8) is 0 Å². The summed E-state index contributed by atoms with van der Waals surface area (Å²) in [5.41, 5.74) is 1.05. The smallest absolute Gasteiger partial charge is 0.338 e. The van der Waals surface area contributed by atoms with Crippen molar-refractivity contribution in [3.8, 4) is 5.69 Å². The molecule has 8 nitrogen and oxygen atoms in total. The normalized spacial score (nSPS) is 10.4. The third-order valence-electron chi connectivity index (χ3n) is 3.67. The van der Waals surface area contributed by atoms with Gasteiger partial charge in [0, 0.05) is 11.4 Å². The van der Waals surface area contributed by atoms with E-state index in [9.17, 15) is 9.59 Å². The number of ether oxygens (including phenoxy) is 1. The van der Waals surface area contributed by atoms with E-state index < -0.39 is 5.97 Å². The molecule has 0 atom stereocenters. The SMILES string of the molecule is C=CCN(Cc1cccs1)C(=O)COC(=O)c1ccc(-n2cnnn2)cc1. The molecule has 1 aromatic carbocycles. The number of esters is 1. The fourth-order valence-corrected chi connectivity index (χ4v) is 3.05. The molecule has 0 fully saturated rings. The van der Waals surface area contributed by atoms with Gasteiger partial charge >= 0.3 is 5.97 Å². The number of hydrogen-bond donors (Lipinski definition) is 0. The van der Waals surface area contributed by atoms with Gasteiger partial charge in [-0.05, 0) is 46.1 Å². The summed E-state index contributed by atoms with van der Waals surface area (Å²) in [4.78, 5) is 27.2. The van der Waals surface area contributed by atoms with Crippen LogP contribution in [0.5, 0.6) is 0 Å². The monoisotopic (exact) mass is 383 g/mol. The van der Waals surface area contributed by atoms with Crippen molar-refractivity contribution in [1.82, 2.24) is 25.1 Å². The second-order valence-electron chi connectivity index (χ2n) is 5.52.